The molecule has 0 unspecified atom stereocenters. The predicted molar refractivity (Wildman–Crippen MR) is 71.9 cm³/mol. The highest BCUT2D eigenvalue weighted by atomic mass is 19.3. The van der Waals surface area contributed by atoms with Crippen LogP contribution in [0, 0.1) is 0 Å². The van der Waals surface area contributed by atoms with Crippen molar-refractivity contribution in [2.45, 2.75) is 25.7 Å². The van der Waals surface area contributed by atoms with E-state index >= 15 is 0 Å². The Kier molecular flexibility index (Phi) is 3.94. The highest BCUT2D eigenvalue weighted by Gasteiger charge is 2.26. The molecule has 0 spiro atoms. The first-order valence-electron chi connectivity index (χ1n) is 6.44. The van der Waals surface area contributed by atoms with E-state index in [9.17, 15) is 8.78 Å². The normalized spacial score (nSPS) is 16.8. The van der Waals surface area contributed by atoms with Gasteiger partial charge in [0.1, 0.15) is 5.75 Å². The largest absolute Gasteiger partial charge is 0.495 e. The quantitative estimate of drug-likeness (QED) is 0.857. The molecule has 0 aliphatic carbocycles. The second-order valence-corrected chi connectivity index (χ2v) is 5.21. The van der Waals surface area contributed by atoms with E-state index in [-0.39, 0.29) is 6.54 Å². The molecule has 1 aromatic rings. The molecular formula is C14H20F2N2O. The van der Waals surface area contributed by atoms with Gasteiger partial charge in [-0.05, 0) is 36.1 Å². The van der Waals surface area contributed by atoms with Crippen LogP contribution in [0.5, 0.6) is 5.75 Å². The highest BCUT2D eigenvalue weighted by molar-refractivity contribution is 5.57. The van der Waals surface area contributed by atoms with E-state index in [0.29, 0.717) is 24.5 Å². The van der Waals surface area contributed by atoms with Gasteiger partial charge in [-0.1, -0.05) is 0 Å². The van der Waals surface area contributed by atoms with E-state index in [1.807, 2.05) is 17.0 Å². The molecule has 0 atom stereocenters. The summed E-state index contributed by atoms with van der Waals surface area (Å²) in [5, 5.41) is 0. The Morgan fingerprint density at radius 1 is 1.26 bits per heavy atom. The fraction of sp³-hybridized carbons (Fsp3) is 0.571. The fourth-order valence-corrected chi connectivity index (χ4v) is 2.55. The number of nitrogens with zero attached hydrogens (tertiary/aromatic N) is 1. The van der Waals surface area contributed by atoms with Gasteiger partial charge in [-0.25, -0.2) is 8.78 Å². The van der Waals surface area contributed by atoms with Crippen molar-refractivity contribution >= 4 is 5.69 Å². The molecule has 1 aromatic carbocycles. The van der Waals surface area contributed by atoms with E-state index in [1.165, 1.54) is 0 Å². The fourth-order valence-electron chi connectivity index (χ4n) is 2.55. The van der Waals surface area contributed by atoms with Gasteiger partial charge in [0.2, 0.25) is 0 Å². The number of nitrogen functional groups attached to an aromatic ring is 1. The van der Waals surface area contributed by atoms with E-state index in [4.69, 9.17) is 10.5 Å². The zero-order valence-corrected chi connectivity index (χ0v) is 11.4. The summed E-state index contributed by atoms with van der Waals surface area (Å²) in [6, 6.07) is 3.83. The molecule has 1 aliphatic rings. The molecule has 3 nitrogen and oxygen atoms in total. The van der Waals surface area contributed by atoms with Crippen molar-refractivity contribution in [2.75, 3.05) is 32.5 Å². The smallest absolute Gasteiger partial charge is 0.257 e. The maximum absolute atomic E-state index is 13.1. The van der Waals surface area contributed by atoms with Crippen LogP contribution in [0.2, 0.25) is 0 Å². The topological polar surface area (TPSA) is 38.5 Å². The highest BCUT2D eigenvalue weighted by Crippen LogP contribution is 2.28. The van der Waals surface area contributed by atoms with Gasteiger partial charge in [-0.2, -0.15) is 0 Å². The summed E-state index contributed by atoms with van der Waals surface area (Å²) >= 11 is 0. The minimum absolute atomic E-state index is 0.187. The van der Waals surface area contributed by atoms with Crippen molar-refractivity contribution in [1.29, 1.82) is 0 Å². The second-order valence-electron chi connectivity index (χ2n) is 5.21. The lowest BCUT2D eigenvalue weighted by molar-refractivity contribution is -0.0133. The number of hydrogen-bond acceptors (Lipinski definition) is 3. The number of halogens is 2. The van der Waals surface area contributed by atoms with Gasteiger partial charge in [0.05, 0.1) is 19.3 Å². The average Bonchev–Trinajstić information content (AvgIpc) is 2.49. The zero-order valence-electron chi connectivity index (χ0n) is 11.4. The van der Waals surface area contributed by atoms with Crippen LogP contribution in [0.15, 0.2) is 12.1 Å². The third-order valence-electron chi connectivity index (χ3n) is 3.45. The summed E-state index contributed by atoms with van der Waals surface area (Å²) in [5.74, 6) is -1.99. The number of ether oxygens (including phenoxy) is 1. The Morgan fingerprint density at radius 3 is 2.37 bits per heavy atom. The minimum atomic E-state index is -2.65. The van der Waals surface area contributed by atoms with Crippen LogP contribution in [-0.2, 0) is 12.8 Å². The van der Waals surface area contributed by atoms with Crippen molar-refractivity contribution in [3.63, 3.8) is 0 Å². The average molecular weight is 270 g/mol. The third kappa shape index (κ3) is 3.56. The first-order chi connectivity index (χ1) is 8.89. The van der Waals surface area contributed by atoms with Crippen molar-refractivity contribution in [1.82, 2.24) is 4.90 Å². The van der Waals surface area contributed by atoms with E-state index in [0.717, 1.165) is 30.9 Å². The van der Waals surface area contributed by atoms with E-state index < -0.39 is 5.92 Å². The lowest BCUT2D eigenvalue weighted by Gasteiger charge is -2.23. The van der Waals surface area contributed by atoms with Gasteiger partial charge >= 0.3 is 0 Å². The number of hydrogen-bond donors (Lipinski definition) is 1. The Hall–Kier alpha value is -1.36. The molecule has 106 valence electrons. The van der Waals surface area contributed by atoms with Crippen LogP contribution >= 0.6 is 0 Å². The number of benzene rings is 1. The van der Waals surface area contributed by atoms with Crippen molar-refractivity contribution in [3.8, 4) is 5.75 Å². The molecule has 1 heterocycles. The summed E-state index contributed by atoms with van der Waals surface area (Å²) in [4.78, 5) is 1.81. The van der Waals surface area contributed by atoms with Crippen LogP contribution < -0.4 is 10.5 Å². The van der Waals surface area contributed by atoms with Crippen LogP contribution in [-0.4, -0.2) is 37.6 Å². The molecule has 1 aliphatic heterocycles. The van der Waals surface area contributed by atoms with Crippen molar-refractivity contribution in [2.24, 2.45) is 0 Å². The lowest BCUT2D eigenvalue weighted by atomic mass is 10.0. The molecule has 0 bridgehead atoms. The minimum Gasteiger partial charge on any atom is -0.495 e. The molecular weight excluding hydrogens is 250 g/mol. The Labute approximate surface area is 112 Å². The first-order valence-corrected chi connectivity index (χ1v) is 6.44. The molecule has 0 saturated heterocycles. The molecule has 0 radical (unpaired) electrons. The SMILES string of the molecule is COc1cc2c(cc1N)CCN(CC(C)(F)F)CC2. The Balaban J connectivity index is 2.14. The number of rotatable bonds is 3. The predicted octanol–water partition coefficient (Wildman–Crippen LogP) is 2.33. The maximum Gasteiger partial charge on any atom is 0.257 e. The standard InChI is InChI=1S/C14H20F2N2O/c1-14(15,16)9-18-5-3-10-7-12(17)13(19-2)8-11(10)4-6-18/h7-8H,3-6,9,17H2,1-2H3. The van der Waals surface area contributed by atoms with Crippen LogP contribution in [0.3, 0.4) is 0 Å². The van der Waals surface area contributed by atoms with Crippen LogP contribution in [0.1, 0.15) is 18.1 Å². The molecule has 0 saturated carbocycles. The van der Waals surface area contributed by atoms with Gasteiger partial charge in [0.25, 0.3) is 5.92 Å². The molecule has 0 fully saturated rings. The van der Waals surface area contributed by atoms with Gasteiger partial charge in [-0.15, -0.1) is 0 Å². The Morgan fingerprint density at radius 2 is 1.84 bits per heavy atom. The van der Waals surface area contributed by atoms with Gasteiger partial charge in [-0.3, -0.25) is 4.90 Å². The number of methoxy groups -OCH3 is 1. The number of anilines is 1. The van der Waals surface area contributed by atoms with E-state index in [2.05, 4.69) is 0 Å². The van der Waals surface area contributed by atoms with Crippen LogP contribution in [0.4, 0.5) is 14.5 Å². The second kappa shape index (κ2) is 5.33. The number of fused-ring (bicyclic) bond motifs is 1. The Bertz CT molecular complexity index is 457. The maximum atomic E-state index is 13.1. The number of nitrogens with two attached hydrogens (primary N) is 1. The summed E-state index contributed by atoms with van der Waals surface area (Å²) in [5.41, 5.74) is 8.78. The zero-order chi connectivity index (χ0) is 14.0. The summed E-state index contributed by atoms with van der Waals surface area (Å²) in [7, 11) is 1.58. The van der Waals surface area contributed by atoms with Gasteiger partial charge < -0.3 is 10.5 Å². The molecule has 0 aromatic heterocycles. The number of alkyl halides is 2. The molecule has 2 N–H and O–H groups in total. The van der Waals surface area contributed by atoms with Gasteiger partial charge in [0.15, 0.2) is 0 Å². The third-order valence-corrected chi connectivity index (χ3v) is 3.45. The summed E-state index contributed by atoms with van der Waals surface area (Å²) < 4.78 is 31.3. The lowest BCUT2D eigenvalue weighted by Crippen LogP contribution is -2.36. The van der Waals surface area contributed by atoms with Crippen molar-refractivity contribution < 1.29 is 13.5 Å². The summed E-state index contributed by atoms with van der Waals surface area (Å²) in [6.45, 7) is 2.06. The van der Waals surface area contributed by atoms with Crippen molar-refractivity contribution in [3.05, 3.63) is 23.3 Å². The monoisotopic (exact) mass is 270 g/mol. The molecule has 2 rings (SSSR count). The van der Waals surface area contributed by atoms with Crippen LogP contribution in [0.25, 0.3) is 0 Å². The molecule has 0 amide bonds. The van der Waals surface area contributed by atoms with Gasteiger partial charge in [0, 0.05) is 20.0 Å². The summed E-state index contributed by atoms with van der Waals surface area (Å²) in [6.07, 6.45) is 1.50. The molecule has 19 heavy (non-hydrogen) atoms. The molecule has 5 heteroatoms. The first kappa shape index (κ1) is 14.1. The van der Waals surface area contributed by atoms with E-state index in [1.54, 1.807) is 7.11 Å².